The number of rotatable bonds is 14. The summed E-state index contributed by atoms with van der Waals surface area (Å²) < 4.78 is 26.0. The van der Waals surface area contributed by atoms with Crippen LogP contribution in [-0.4, -0.2) is 80.9 Å². The van der Waals surface area contributed by atoms with Crippen molar-refractivity contribution in [3.8, 4) is 23.6 Å². The van der Waals surface area contributed by atoms with Crippen LogP contribution >= 0.6 is 0 Å². The number of benzene rings is 2. The zero-order valence-electron chi connectivity index (χ0n) is 27.2. The molecule has 2 aromatic rings. The average Bonchev–Trinajstić information content (AvgIpc) is 3.01. The van der Waals surface area contributed by atoms with Gasteiger partial charge < -0.3 is 80.3 Å². The summed E-state index contributed by atoms with van der Waals surface area (Å²) in [5.74, 6) is 0.925. The monoisotopic (exact) mass is 841 g/mol. The van der Waals surface area contributed by atoms with Crippen molar-refractivity contribution in [3.63, 3.8) is 0 Å². The third-order valence-electron chi connectivity index (χ3n) is 3.96. The van der Waals surface area contributed by atoms with Gasteiger partial charge in [0, 0.05) is 25.2 Å². The van der Waals surface area contributed by atoms with E-state index in [1.165, 1.54) is 13.8 Å². The molecular weight excluding hydrogens is 807 g/mol. The van der Waals surface area contributed by atoms with Crippen molar-refractivity contribution >= 4 is 23.2 Å². The average molecular weight is 841 g/mol. The number of hydrogen-bond donors (Lipinski definition) is 2. The molecule has 23 nitrogen and oxygen atoms in total. The molecule has 0 aliphatic carbocycles. The first-order valence-electron chi connectivity index (χ1n) is 12.8. The Morgan fingerprint density at radius 3 is 1.04 bits per heavy atom. The fourth-order valence-electron chi connectivity index (χ4n) is 2.41. The number of carbonyl (C=O) groups excluding carboxylic acids is 2. The minimum absolute atomic E-state index is 0. The van der Waals surface area contributed by atoms with Gasteiger partial charge in [0.25, 0.3) is 0 Å². The Labute approximate surface area is 318 Å². The first-order chi connectivity index (χ1) is 23.1. The molecular formula is C26H34N7O16Pr. The molecule has 0 heterocycles. The molecule has 0 saturated carbocycles. The number of nitrogens with zero attached hydrogens (tertiary/aromatic N) is 5. The third kappa shape index (κ3) is 49.7. The predicted octanol–water partition coefficient (Wildman–Crippen LogP) is 2.67. The van der Waals surface area contributed by atoms with Crippen LogP contribution in [0, 0.1) is 110 Å². The van der Waals surface area contributed by atoms with Crippen molar-refractivity contribution in [2.45, 2.75) is 13.8 Å². The number of amides is 2. The summed E-state index contributed by atoms with van der Waals surface area (Å²) in [5.41, 5.74) is 1.33. The molecule has 0 unspecified atom stereocenters. The van der Waals surface area contributed by atoms with E-state index in [-0.39, 0.29) is 79.5 Å². The normalized spacial score (nSPS) is 8.20. The van der Waals surface area contributed by atoms with Crippen LogP contribution in [0.15, 0.2) is 48.5 Å². The van der Waals surface area contributed by atoms with Gasteiger partial charge in [-0.2, -0.15) is 10.5 Å². The van der Waals surface area contributed by atoms with Crippen molar-refractivity contribution in [1.82, 2.24) is 0 Å². The van der Waals surface area contributed by atoms with Gasteiger partial charge in [-0.05, 0) is 48.5 Å². The van der Waals surface area contributed by atoms with E-state index in [4.69, 9.17) is 80.2 Å². The summed E-state index contributed by atoms with van der Waals surface area (Å²) in [4.78, 5) is 48.3. The second-order valence-electron chi connectivity index (χ2n) is 7.39. The van der Waals surface area contributed by atoms with Gasteiger partial charge in [0.05, 0.1) is 68.0 Å². The van der Waals surface area contributed by atoms with Crippen LogP contribution in [0.25, 0.3) is 0 Å². The Morgan fingerprint density at radius 1 is 0.600 bits per heavy atom. The van der Waals surface area contributed by atoms with Crippen molar-refractivity contribution in [1.29, 1.82) is 10.5 Å². The van der Waals surface area contributed by atoms with Crippen molar-refractivity contribution in [2.24, 2.45) is 0 Å². The second kappa shape index (κ2) is 40.0. The molecule has 0 spiro atoms. The summed E-state index contributed by atoms with van der Waals surface area (Å²) in [5, 5.41) is 64.3. The zero-order chi connectivity index (χ0) is 38.5. The summed E-state index contributed by atoms with van der Waals surface area (Å²) in [6.45, 7) is 3.89. The van der Waals surface area contributed by atoms with E-state index in [1.54, 1.807) is 74.9 Å². The fourth-order valence-corrected chi connectivity index (χ4v) is 2.41. The van der Waals surface area contributed by atoms with Gasteiger partial charge in [0.1, 0.15) is 24.7 Å². The molecule has 2 N–H and O–H groups in total. The summed E-state index contributed by atoms with van der Waals surface area (Å²) in [6, 6.07) is 17.5. The zero-order valence-corrected chi connectivity index (χ0v) is 30.9. The summed E-state index contributed by atoms with van der Waals surface area (Å²) in [7, 11) is 3.16. The van der Waals surface area contributed by atoms with Gasteiger partial charge in [0.2, 0.25) is 11.8 Å². The molecule has 0 saturated heterocycles. The minimum atomic E-state index is -1.75. The first kappa shape index (κ1) is 54.3. The molecule has 0 fully saturated rings. The van der Waals surface area contributed by atoms with Crippen molar-refractivity contribution < 1.29 is 89.8 Å². The largest absolute Gasteiger partial charge is 3.00 e. The number of anilines is 2. The summed E-state index contributed by atoms with van der Waals surface area (Å²) >= 11 is 0. The predicted molar refractivity (Wildman–Crippen MR) is 169 cm³/mol. The molecule has 0 aromatic heterocycles. The number of ether oxygens (including phenoxy) is 5. The van der Waals surface area contributed by atoms with Crippen LogP contribution in [0.4, 0.5) is 11.4 Å². The molecule has 0 bridgehead atoms. The van der Waals surface area contributed by atoms with Gasteiger partial charge in [0.15, 0.2) is 0 Å². The van der Waals surface area contributed by atoms with Crippen LogP contribution in [-0.2, 0) is 23.8 Å². The molecule has 50 heavy (non-hydrogen) atoms. The molecule has 2 amide bonds. The van der Waals surface area contributed by atoms with Crippen LogP contribution in [0.3, 0.4) is 0 Å². The van der Waals surface area contributed by atoms with E-state index in [1.807, 2.05) is 0 Å². The van der Waals surface area contributed by atoms with Gasteiger partial charge in [-0.15, -0.1) is 0 Å². The fraction of sp³-hybridized carbons (Fsp3) is 0.385. The number of carbonyl (C=O) groups is 2. The number of methoxy groups -OCH3 is 2. The Kier molecular flexibility index (Phi) is 43.4. The third-order valence-corrected chi connectivity index (χ3v) is 3.96. The van der Waals surface area contributed by atoms with E-state index in [9.17, 15) is 9.59 Å². The van der Waals surface area contributed by atoms with E-state index < -0.39 is 15.3 Å². The van der Waals surface area contributed by atoms with Crippen LogP contribution in [0.1, 0.15) is 13.8 Å². The Morgan fingerprint density at radius 2 is 0.820 bits per heavy atom. The first-order valence-corrected chi connectivity index (χ1v) is 12.8. The maximum atomic E-state index is 11.8. The Bertz CT molecular complexity index is 1160. The van der Waals surface area contributed by atoms with Gasteiger partial charge in [-0.1, -0.05) is 0 Å². The molecule has 0 aliphatic rings. The Hall–Kier alpha value is -5.20. The van der Waals surface area contributed by atoms with Gasteiger partial charge in [-0.3, -0.25) is 9.59 Å². The van der Waals surface area contributed by atoms with Crippen LogP contribution in [0.5, 0.6) is 11.5 Å². The van der Waals surface area contributed by atoms with Crippen LogP contribution in [0.2, 0.25) is 0 Å². The SMILES string of the molecule is CC#N.CC#N.COc1ccc(NC(=O)COCCOCCOCC(=O)Nc2ccc(OC)cc2)cc1.O=[N+]([O-])[O-].O=[N+]([O-])[O-].O=[N+]([O-])[O-].[Pr+3]. The molecule has 24 heteroatoms. The van der Waals surface area contributed by atoms with E-state index in [2.05, 4.69) is 10.6 Å². The number of nitrogens with one attached hydrogen (secondary N) is 2. The second-order valence-corrected chi connectivity index (χ2v) is 7.39. The maximum absolute atomic E-state index is 11.8. The molecule has 2 aromatic carbocycles. The van der Waals surface area contributed by atoms with Gasteiger partial charge >= 0.3 is 41.3 Å². The summed E-state index contributed by atoms with van der Waals surface area (Å²) in [6.07, 6.45) is 0. The number of nitriles is 2. The topological polar surface area (TPSA) is 351 Å². The molecule has 272 valence electrons. The molecule has 0 radical (unpaired) electrons. The molecule has 0 atom stereocenters. The minimum Gasteiger partial charge on any atom is -0.497 e. The molecule has 0 aliphatic heterocycles. The smallest absolute Gasteiger partial charge is 0.497 e. The van der Waals surface area contributed by atoms with Crippen LogP contribution < -0.4 is 20.1 Å². The van der Waals surface area contributed by atoms with E-state index >= 15 is 0 Å². The molecule has 2 rings (SSSR count). The quantitative estimate of drug-likeness (QED) is 0.157. The van der Waals surface area contributed by atoms with Crippen molar-refractivity contribution in [2.75, 3.05) is 64.5 Å². The maximum Gasteiger partial charge on any atom is 3.00 e. The van der Waals surface area contributed by atoms with Gasteiger partial charge in [-0.25, -0.2) is 0 Å². The standard InChI is InChI=1S/C22H28N2O7.2C2H3N.3NO3.Pr/c1-27-19-7-3-17(4-8-19)23-21(25)15-30-13-11-29-12-14-31-16-22(26)24-18-5-9-20(28-2)10-6-18;2*1-2-3;3*2-1(3)4;/h3-10H,11-16H2,1-2H3,(H,23,25)(H,24,26);2*1H3;;;;/q;;;3*-1;+3. The van der Waals surface area contributed by atoms with E-state index in [0.29, 0.717) is 36.1 Å². The Balaban J connectivity index is -0.000000295. The number of hydrogen-bond acceptors (Lipinski definition) is 18. The van der Waals surface area contributed by atoms with E-state index in [0.717, 1.165) is 0 Å². The van der Waals surface area contributed by atoms with Crippen molar-refractivity contribution in [3.05, 3.63) is 94.5 Å².